The van der Waals surface area contributed by atoms with Crippen molar-refractivity contribution in [3.63, 3.8) is 0 Å². The number of nitrogens with one attached hydrogen (secondary N) is 1. The minimum Gasteiger partial charge on any atom is -0.338 e. The van der Waals surface area contributed by atoms with E-state index in [1.54, 1.807) is 32.9 Å². The zero-order chi connectivity index (χ0) is 27.9. The van der Waals surface area contributed by atoms with Crippen LogP contribution in [0.15, 0.2) is 47.5 Å². The van der Waals surface area contributed by atoms with Gasteiger partial charge in [0, 0.05) is 45.1 Å². The highest BCUT2D eigenvalue weighted by atomic mass is 19.4. The Bertz CT molecular complexity index is 1420. The van der Waals surface area contributed by atoms with Crippen molar-refractivity contribution in [3.05, 3.63) is 81.0 Å². The predicted octanol–water partition coefficient (Wildman–Crippen LogP) is 2.85. The van der Waals surface area contributed by atoms with Crippen LogP contribution in [0.3, 0.4) is 0 Å². The number of piperazine rings is 1. The molecule has 2 aliphatic rings. The van der Waals surface area contributed by atoms with Gasteiger partial charge in [0.05, 0.1) is 23.8 Å². The number of carbonyl (C=O) groups excluding carboxylic acids is 1. The second-order valence-corrected chi connectivity index (χ2v) is 9.18. The van der Waals surface area contributed by atoms with E-state index in [0.717, 1.165) is 5.56 Å². The SMILES string of the molecule is O=C(CN1Cc2ccccc2C1c1cc(C(F)(F)F)c(=O)[nH]n1)N1CCN(c2ncc(C(F)(F)F)cn2)CC1. The van der Waals surface area contributed by atoms with Crippen LogP contribution in [0.5, 0.6) is 0 Å². The molecule has 1 saturated heterocycles. The molecule has 1 fully saturated rings. The lowest BCUT2D eigenvalue weighted by Gasteiger charge is -2.36. The van der Waals surface area contributed by atoms with Crippen molar-refractivity contribution in [3.8, 4) is 0 Å². The number of halogens is 6. The zero-order valence-corrected chi connectivity index (χ0v) is 20.1. The van der Waals surface area contributed by atoms with Crippen molar-refractivity contribution in [2.24, 2.45) is 0 Å². The summed E-state index contributed by atoms with van der Waals surface area (Å²) in [4.78, 5) is 37.5. The van der Waals surface area contributed by atoms with Crippen LogP contribution in [0, 0.1) is 0 Å². The van der Waals surface area contributed by atoms with Gasteiger partial charge in [-0.15, -0.1) is 0 Å². The number of anilines is 1. The molecule has 0 radical (unpaired) electrons. The molecule has 15 heteroatoms. The van der Waals surface area contributed by atoms with Crippen LogP contribution in [0.2, 0.25) is 0 Å². The molecule has 2 aliphatic heterocycles. The first-order valence-electron chi connectivity index (χ1n) is 11.8. The van der Waals surface area contributed by atoms with Crippen LogP contribution in [-0.4, -0.2) is 68.6 Å². The maximum Gasteiger partial charge on any atom is 0.421 e. The van der Waals surface area contributed by atoms with Crippen LogP contribution in [0.4, 0.5) is 32.3 Å². The molecule has 0 bridgehead atoms. The Morgan fingerprint density at radius 3 is 2.28 bits per heavy atom. The summed E-state index contributed by atoms with van der Waals surface area (Å²) < 4.78 is 78.5. The molecule has 2 aromatic heterocycles. The number of benzene rings is 1. The van der Waals surface area contributed by atoms with Gasteiger partial charge in [0.1, 0.15) is 5.56 Å². The van der Waals surface area contributed by atoms with Crippen LogP contribution in [0.1, 0.15) is 34.0 Å². The predicted molar refractivity (Wildman–Crippen MR) is 124 cm³/mol. The van der Waals surface area contributed by atoms with Gasteiger partial charge in [-0.2, -0.15) is 31.4 Å². The topological polar surface area (TPSA) is 98.3 Å². The van der Waals surface area contributed by atoms with E-state index in [4.69, 9.17) is 0 Å². The molecule has 206 valence electrons. The lowest BCUT2D eigenvalue weighted by atomic mass is 10.0. The molecular formula is C24H21F6N7O2. The summed E-state index contributed by atoms with van der Waals surface area (Å²) >= 11 is 0. The Morgan fingerprint density at radius 2 is 1.64 bits per heavy atom. The van der Waals surface area contributed by atoms with Crippen LogP contribution < -0.4 is 10.5 Å². The third-order valence-electron chi connectivity index (χ3n) is 6.72. The number of aromatic amines is 1. The van der Waals surface area contributed by atoms with Crippen molar-refractivity contribution in [2.45, 2.75) is 24.9 Å². The lowest BCUT2D eigenvalue weighted by molar-refractivity contribution is -0.139. The Labute approximate surface area is 217 Å². The zero-order valence-electron chi connectivity index (χ0n) is 20.1. The molecule has 1 atom stereocenters. The molecule has 0 aliphatic carbocycles. The first kappa shape index (κ1) is 26.6. The van der Waals surface area contributed by atoms with Gasteiger partial charge in [-0.3, -0.25) is 14.5 Å². The molecular weight excluding hydrogens is 532 g/mol. The number of hydrogen-bond acceptors (Lipinski definition) is 7. The highest BCUT2D eigenvalue weighted by Crippen LogP contribution is 2.38. The molecule has 1 N–H and O–H groups in total. The van der Waals surface area contributed by atoms with E-state index in [1.807, 2.05) is 11.2 Å². The minimum absolute atomic E-state index is 0.0380. The first-order chi connectivity index (χ1) is 18.4. The first-order valence-corrected chi connectivity index (χ1v) is 11.8. The van der Waals surface area contributed by atoms with Gasteiger partial charge in [-0.1, -0.05) is 24.3 Å². The largest absolute Gasteiger partial charge is 0.421 e. The normalized spacial score (nSPS) is 18.4. The highest BCUT2D eigenvalue weighted by molar-refractivity contribution is 5.79. The van der Waals surface area contributed by atoms with E-state index in [0.29, 0.717) is 24.0 Å². The fourth-order valence-electron chi connectivity index (χ4n) is 4.78. The Morgan fingerprint density at radius 1 is 0.974 bits per heavy atom. The summed E-state index contributed by atoms with van der Waals surface area (Å²) in [6.45, 7) is 1.24. The average Bonchev–Trinajstić information content (AvgIpc) is 3.26. The van der Waals surface area contributed by atoms with Gasteiger partial charge in [0.25, 0.3) is 5.56 Å². The smallest absolute Gasteiger partial charge is 0.338 e. The molecule has 9 nitrogen and oxygen atoms in total. The van der Waals surface area contributed by atoms with E-state index in [2.05, 4.69) is 15.1 Å². The monoisotopic (exact) mass is 553 g/mol. The molecule has 1 unspecified atom stereocenters. The van der Waals surface area contributed by atoms with E-state index < -0.39 is 35.1 Å². The van der Waals surface area contributed by atoms with Crippen molar-refractivity contribution >= 4 is 11.9 Å². The molecule has 4 heterocycles. The van der Waals surface area contributed by atoms with Crippen molar-refractivity contribution in [1.82, 2.24) is 30.0 Å². The molecule has 5 rings (SSSR count). The van der Waals surface area contributed by atoms with Crippen molar-refractivity contribution in [2.75, 3.05) is 37.6 Å². The number of rotatable bonds is 4. The number of carbonyl (C=O) groups is 1. The summed E-state index contributed by atoms with van der Waals surface area (Å²) in [6, 6.07) is 7.00. The average molecular weight is 553 g/mol. The Kier molecular flexibility index (Phi) is 6.78. The summed E-state index contributed by atoms with van der Waals surface area (Å²) in [5.41, 5.74) is -2.22. The molecule has 0 spiro atoms. The minimum atomic E-state index is -4.87. The number of nitrogens with zero attached hydrogens (tertiary/aromatic N) is 6. The summed E-state index contributed by atoms with van der Waals surface area (Å²) in [6.07, 6.45) is -8.00. The fourth-order valence-corrected chi connectivity index (χ4v) is 4.78. The molecule has 3 aromatic rings. The Hall–Kier alpha value is -4.01. The van der Waals surface area contributed by atoms with E-state index in [1.165, 1.54) is 0 Å². The molecule has 1 amide bonds. The van der Waals surface area contributed by atoms with Gasteiger partial charge < -0.3 is 9.80 Å². The van der Waals surface area contributed by atoms with Gasteiger partial charge >= 0.3 is 12.4 Å². The van der Waals surface area contributed by atoms with E-state index in [9.17, 15) is 35.9 Å². The lowest BCUT2D eigenvalue weighted by Crippen LogP contribution is -2.51. The number of hydrogen-bond donors (Lipinski definition) is 1. The number of H-pyrrole nitrogens is 1. The maximum absolute atomic E-state index is 13.4. The highest BCUT2D eigenvalue weighted by Gasteiger charge is 2.39. The van der Waals surface area contributed by atoms with Gasteiger partial charge in [0.2, 0.25) is 11.9 Å². The second-order valence-electron chi connectivity index (χ2n) is 9.18. The van der Waals surface area contributed by atoms with Crippen LogP contribution in [0.25, 0.3) is 0 Å². The maximum atomic E-state index is 13.4. The summed E-state index contributed by atoms with van der Waals surface area (Å²) in [7, 11) is 0. The Balaban J connectivity index is 1.30. The third kappa shape index (κ3) is 5.44. The standard InChI is InChI=1S/C24H21F6N7O2/c25-23(26,27)15-10-31-22(32-11-15)36-7-5-35(6-8-36)19(38)13-37-12-14-3-1-2-4-16(14)20(37)18-9-17(24(28,29)30)21(39)34-33-18/h1-4,9-11,20H,5-8,12-13H2,(H,34,39). The van der Waals surface area contributed by atoms with Crippen molar-refractivity contribution < 1.29 is 31.1 Å². The fraction of sp³-hybridized carbons (Fsp3) is 0.375. The molecule has 39 heavy (non-hydrogen) atoms. The summed E-state index contributed by atoms with van der Waals surface area (Å²) in [5, 5.41) is 5.80. The van der Waals surface area contributed by atoms with Gasteiger partial charge in [-0.05, 0) is 17.2 Å². The number of aromatic nitrogens is 4. The van der Waals surface area contributed by atoms with Gasteiger partial charge in [-0.25, -0.2) is 15.1 Å². The third-order valence-corrected chi connectivity index (χ3v) is 6.72. The van der Waals surface area contributed by atoms with Crippen LogP contribution in [-0.2, 0) is 23.7 Å². The molecule has 1 aromatic carbocycles. The van der Waals surface area contributed by atoms with Crippen LogP contribution >= 0.6 is 0 Å². The van der Waals surface area contributed by atoms with E-state index in [-0.39, 0.29) is 56.8 Å². The summed E-state index contributed by atoms with van der Waals surface area (Å²) in [5.74, 6) is -0.156. The second kappa shape index (κ2) is 9.94. The number of alkyl halides is 6. The van der Waals surface area contributed by atoms with Crippen molar-refractivity contribution in [1.29, 1.82) is 0 Å². The van der Waals surface area contributed by atoms with E-state index >= 15 is 0 Å². The molecule has 0 saturated carbocycles. The number of fused-ring (bicyclic) bond motifs is 1. The van der Waals surface area contributed by atoms with Gasteiger partial charge in [0.15, 0.2) is 0 Å². The quantitative estimate of drug-likeness (QED) is 0.497. The number of amides is 1.